The number of nitrogens with one attached hydrogen (secondary N) is 2. The van der Waals surface area contributed by atoms with Crippen LogP contribution in [0.15, 0.2) is 23.3 Å². The molecule has 0 spiro atoms. The molecule has 0 bridgehead atoms. The summed E-state index contributed by atoms with van der Waals surface area (Å²) in [5.41, 5.74) is 1.09. The molecule has 124 valence electrons. The van der Waals surface area contributed by atoms with E-state index in [4.69, 9.17) is 4.74 Å². The lowest BCUT2D eigenvalue weighted by Crippen LogP contribution is -2.42. The lowest BCUT2D eigenvalue weighted by molar-refractivity contribution is 0.305. The Kier molecular flexibility index (Phi) is 8.09. The van der Waals surface area contributed by atoms with Crippen LogP contribution in [0.3, 0.4) is 0 Å². The van der Waals surface area contributed by atoms with Crippen LogP contribution in [-0.4, -0.2) is 42.1 Å². The summed E-state index contributed by atoms with van der Waals surface area (Å²) in [6.45, 7) is 8.73. The number of pyridine rings is 1. The third-order valence-electron chi connectivity index (χ3n) is 3.17. The predicted octanol–water partition coefficient (Wildman–Crippen LogP) is 2.68. The molecule has 0 aliphatic heterocycles. The fourth-order valence-electron chi connectivity index (χ4n) is 1.58. The molecule has 5 nitrogen and oxygen atoms in total. The SMILES string of the molecule is CCCOc1ccc(CNC(=NC)NCC(C)(C)SC)cn1. The van der Waals surface area contributed by atoms with Crippen LogP contribution in [0.1, 0.15) is 32.8 Å². The predicted molar refractivity (Wildman–Crippen MR) is 95.8 cm³/mol. The van der Waals surface area contributed by atoms with E-state index in [1.807, 2.05) is 30.1 Å². The van der Waals surface area contributed by atoms with Crippen LogP contribution in [-0.2, 0) is 6.54 Å². The fourth-order valence-corrected chi connectivity index (χ4v) is 1.80. The van der Waals surface area contributed by atoms with Gasteiger partial charge in [0.15, 0.2) is 5.96 Å². The Bertz CT molecular complexity index is 460. The molecule has 1 aromatic heterocycles. The first-order valence-electron chi connectivity index (χ1n) is 7.58. The summed E-state index contributed by atoms with van der Waals surface area (Å²) in [4.78, 5) is 8.53. The van der Waals surface area contributed by atoms with E-state index in [1.165, 1.54) is 0 Å². The Labute approximate surface area is 138 Å². The summed E-state index contributed by atoms with van der Waals surface area (Å²) in [7, 11) is 1.78. The van der Waals surface area contributed by atoms with Crippen molar-refractivity contribution < 1.29 is 4.74 Å². The third kappa shape index (κ3) is 7.02. The highest BCUT2D eigenvalue weighted by molar-refractivity contribution is 7.99. The van der Waals surface area contributed by atoms with Gasteiger partial charge in [-0.05, 0) is 32.1 Å². The number of ether oxygens (including phenoxy) is 1. The van der Waals surface area contributed by atoms with Crippen molar-refractivity contribution >= 4 is 17.7 Å². The molecule has 0 aliphatic carbocycles. The van der Waals surface area contributed by atoms with Gasteiger partial charge in [-0.1, -0.05) is 13.0 Å². The Balaban J connectivity index is 2.43. The van der Waals surface area contributed by atoms with Crippen molar-refractivity contribution in [3.63, 3.8) is 0 Å². The van der Waals surface area contributed by atoms with Gasteiger partial charge >= 0.3 is 0 Å². The van der Waals surface area contributed by atoms with Crippen molar-refractivity contribution in [3.05, 3.63) is 23.9 Å². The van der Waals surface area contributed by atoms with Crippen molar-refractivity contribution in [1.29, 1.82) is 0 Å². The van der Waals surface area contributed by atoms with Gasteiger partial charge in [0.1, 0.15) is 0 Å². The normalized spacial score (nSPS) is 12.1. The molecule has 0 atom stereocenters. The molecular weight excluding hydrogens is 296 g/mol. The highest BCUT2D eigenvalue weighted by atomic mass is 32.2. The molecule has 0 unspecified atom stereocenters. The van der Waals surface area contributed by atoms with Crippen molar-refractivity contribution in [3.8, 4) is 5.88 Å². The quantitative estimate of drug-likeness (QED) is 0.569. The Hall–Kier alpha value is -1.43. The summed E-state index contributed by atoms with van der Waals surface area (Å²) >= 11 is 1.83. The summed E-state index contributed by atoms with van der Waals surface area (Å²) in [5, 5.41) is 6.64. The smallest absolute Gasteiger partial charge is 0.213 e. The maximum Gasteiger partial charge on any atom is 0.213 e. The van der Waals surface area contributed by atoms with Gasteiger partial charge in [0.25, 0.3) is 0 Å². The Morgan fingerprint density at radius 3 is 2.68 bits per heavy atom. The minimum Gasteiger partial charge on any atom is -0.478 e. The Morgan fingerprint density at radius 1 is 1.36 bits per heavy atom. The summed E-state index contributed by atoms with van der Waals surface area (Å²) < 4.78 is 5.65. The molecule has 22 heavy (non-hydrogen) atoms. The number of thioether (sulfide) groups is 1. The second kappa shape index (κ2) is 9.56. The van der Waals surface area contributed by atoms with Crippen LogP contribution >= 0.6 is 11.8 Å². The summed E-state index contributed by atoms with van der Waals surface area (Å²) in [6, 6.07) is 3.92. The molecule has 0 amide bonds. The number of aromatic nitrogens is 1. The molecule has 1 aromatic rings. The van der Waals surface area contributed by atoms with E-state index in [2.05, 4.69) is 47.6 Å². The first-order chi connectivity index (χ1) is 10.5. The van der Waals surface area contributed by atoms with Crippen molar-refractivity contribution in [2.24, 2.45) is 4.99 Å². The van der Waals surface area contributed by atoms with E-state index in [-0.39, 0.29) is 4.75 Å². The van der Waals surface area contributed by atoms with Gasteiger partial charge in [-0.15, -0.1) is 0 Å². The third-order valence-corrected chi connectivity index (χ3v) is 4.42. The Morgan fingerprint density at radius 2 is 2.14 bits per heavy atom. The number of hydrogen-bond acceptors (Lipinski definition) is 4. The first-order valence-corrected chi connectivity index (χ1v) is 8.80. The van der Waals surface area contributed by atoms with Crippen LogP contribution in [0.5, 0.6) is 5.88 Å². The molecule has 0 aliphatic rings. The average Bonchev–Trinajstić information content (AvgIpc) is 2.54. The van der Waals surface area contributed by atoms with Gasteiger partial charge < -0.3 is 15.4 Å². The van der Waals surface area contributed by atoms with Crippen LogP contribution in [0, 0.1) is 0 Å². The van der Waals surface area contributed by atoms with Gasteiger partial charge in [-0.25, -0.2) is 4.98 Å². The molecule has 1 rings (SSSR count). The van der Waals surface area contributed by atoms with Gasteiger partial charge in [0, 0.05) is 37.1 Å². The molecule has 1 heterocycles. The minimum absolute atomic E-state index is 0.178. The number of aliphatic imine (C=N–C) groups is 1. The minimum atomic E-state index is 0.178. The van der Waals surface area contributed by atoms with Crippen LogP contribution in [0.4, 0.5) is 0 Å². The number of hydrogen-bond donors (Lipinski definition) is 2. The molecule has 0 saturated carbocycles. The second-order valence-electron chi connectivity index (χ2n) is 5.60. The van der Waals surface area contributed by atoms with Crippen molar-refractivity contribution in [2.75, 3.05) is 26.5 Å². The first kappa shape index (κ1) is 18.6. The molecule has 2 N–H and O–H groups in total. The fraction of sp³-hybridized carbons (Fsp3) is 0.625. The maximum atomic E-state index is 5.48. The molecule has 6 heteroatoms. The van der Waals surface area contributed by atoms with E-state index in [0.29, 0.717) is 19.0 Å². The number of guanidine groups is 1. The lowest BCUT2D eigenvalue weighted by Gasteiger charge is -2.23. The van der Waals surface area contributed by atoms with Crippen molar-refractivity contribution in [2.45, 2.75) is 38.5 Å². The largest absolute Gasteiger partial charge is 0.478 e. The van der Waals surface area contributed by atoms with E-state index >= 15 is 0 Å². The second-order valence-corrected chi connectivity index (χ2v) is 7.11. The van der Waals surface area contributed by atoms with Crippen LogP contribution in [0.25, 0.3) is 0 Å². The molecule has 0 aromatic carbocycles. The average molecular weight is 324 g/mol. The number of nitrogens with zero attached hydrogens (tertiary/aromatic N) is 2. The van der Waals surface area contributed by atoms with Gasteiger partial charge in [0.2, 0.25) is 5.88 Å². The monoisotopic (exact) mass is 324 g/mol. The molecule has 0 saturated heterocycles. The molecule has 0 radical (unpaired) electrons. The summed E-state index contributed by atoms with van der Waals surface area (Å²) in [6.07, 6.45) is 4.93. The number of rotatable bonds is 8. The molecule has 0 fully saturated rings. The zero-order chi connectivity index (χ0) is 16.4. The highest BCUT2D eigenvalue weighted by Gasteiger charge is 2.15. The zero-order valence-electron chi connectivity index (χ0n) is 14.3. The van der Waals surface area contributed by atoms with Gasteiger partial charge in [-0.2, -0.15) is 11.8 Å². The highest BCUT2D eigenvalue weighted by Crippen LogP contribution is 2.19. The van der Waals surface area contributed by atoms with E-state index < -0.39 is 0 Å². The van der Waals surface area contributed by atoms with E-state index in [1.54, 1.807) is 7.05 Å². The topological polar surface area (TPSA) is 58.5 Å². The summed E-state index contributed by atoms with van der Waals surface area (Å²) in [5.74, 6) is 1.48. The van der Waals surface area contributed by atoms with Crippen LogP contribution < -0.4 is 15.4 Å². The zero-order valence-corrected chi connectivity index (χ0v) is 15.1. The van der Waals surface area contributed by atoms with Crippen LogP contribution in [0.2, 0.25) is 0 Å². The van der Waals surface area contributed by atoms with E-state index in [0.717, 1.165) is 24.5 Å². The van der Waals surface area contributed by atoms with Gasteiger partial charge in [-0.3, -0.25) is 4.99 Å². The van der Waals surface area contributed by atoms with E-state index in [9.17, 15) is 0 Å². The molecular formula is C16H28N4OS. The lowest BCUT2D eigenvalue weighted by atomic mass is 10.2. The standard InChI is InChI=1S/C16H28N4OS/c1-6-9-21-14-8-7-13(10-18-14)11-19-15(17-4)20-12-16(2,3)22-5/h7-8,10H,6,9,11-12H2,1-5H3,(H2,17,19,20). The van der Waals surface area contributed by atoms with Crippen molar-refractivity contribution in [1.82, 2.24) is 15.6 Å². The van der Waals surface area contributed by atoms with Gasteiger partial charge in [0.05, 0.1) is 6.61 Å². The maximum absolute atomic E-state index is 5.48.